The number of rotatable bonds is 5. The van der Waals surface area contributed by atoms with E-state index in [2.05, 4.69) is 0 Å². The minimum atomic E-state index is -1.03. The quantitative estimate of drug-likeness (QED) is 0.702. The van der Waals surface area contributed by atoms with Crippen LogP contribution in [0.15, 0.2) is 0 Å². The molecule has 0 aromatic rings. The molecule has 0 rings (SSSR count). The Kier molecular flexibility index (Phi) is 4.77. The van der Waals surface area contributed by atoms with Crippen LogP contribution in [0.25, 0.3) is 0 Å². The molecular weight excluding hydrogens is 184 g/mol. The lowest BCUT2D eigenvalue weighted by Crippen LogP contribution is -2.32. The number of carbonyl (C=O) groups excluding carboxylic acids is 1. The fourth-order valence-corrected chi connectivity index (χ4v) is 1.08. The predicted octanol–water partition coefficient (Wildman–Crippen LogP) is 1.22. The van der Waals surface area contributed by atoms with Gasteiger partial charge in [0.05, 0.1) is 0 Å². The maximum absolute atomic E-state index is 11.4. The average Bonchev–Trinajstić information content (AvgIpc) is 2.00. The summed E-state index contributed by atoms with van der Waals surface area (Å²) in [5.74, 6) is -1.14. The zero-order valence-corrected chi connectivity index (χ0v) is 8.91. The van der Waals surface area contributed by atoms with Gasteiger partial charge in [-0.1, -0.05) is 20.8 Å². The number of aliphatic hydroxyl groups is 1. The molecule has 0 radical (unpaired) electrons. The summed E-state index contributed by atoms with van der Waals surface area (Å²) in [6.07, 6.45) is -0.482. The van der Waals surface area contributed by atoms with Crippen molar-refractivity contribution in [3.05, 3.63) is 0 Å². The third-order valence-corrected chi connectivity index (χ3v) is 1.91. The first-order valence-corrected chi connectivity index (χ1v) is 4.69. The SMILES string of the molecule is CC(C)(C)C(=O)C(O)CCCC(=O)O. The molecule has 0 heterocycles. The van der Waals surface area contributed by atoms with Gasteiger partial charge in [0.1, 0.15) is 6.10 Å². The molecule has 4 nitrogen and oxygen atoms in total. The molecule has 0 fully saturated rings. The Labute approximate surface area is 83.9 Å². The van der Waals surface area contributed by atoms with Crippen molar-refractivity contribution in [1.29, 1.82) is 0 Å². The summed E-state index contributed by atoms with van der Waals surface area (Å²) in [6, 6.07) is 0. The summed E-state index contributed by atoms with van der Waals surface area (Å²) >= 11 is 0. The van der Waals surface area contributed by atoms with Gasteiger partial charge in [0.15, 0.2) is 5.78 Å². The van der Waals surface area contributed by atoms with E-state index in [4.69, 9.17) is 5.11 Å². The van der Waals surface area contributed by atoms with Crippen LogP contribution in [0.3, 0.4) is 0 Å². The molecule has 2 N–H and O–H groups in total. The fourth-order valence-electron chi connectivity index (χ4n) is 1.08. The van der Waals surface area contributed by atoms with E-state index in [0.29, 0.717) is 6.42 Å². The van der Waals surface area contributed by atoms with Gasteiger partial charge < -0.3 is 10.2 Å². The lowest BCUT2D eigenvalue weighted by Gasteiger charge is -2.20. The Balaban J connectivity index is 3.91. The maximum atomic E-state index is 11.4. The van der Waals surface area contributed by atoms with Crippen molar-refractivity contribution in [2.24, 2.45) is 5.41 Å². The first kappa shape index (κ1) is 13.1. The number of carboxylic acid groups (broad SMARTS) is 1. The van der Waals surface area contributed by atoms with Crippen LogP contribution in [-0.2, 0) is 9.59 Å². The number of aliphatic hydroxyl groups excluding tert-OH is 1. The van der Waals surface area contributed by atoms with Crippen molar-refractivity contribution in [3.8, 4) is 0 Å². The summed E-state index contributed by atoms with van der Waals surface area (Å²) in [5.41, 5.74) is -0.567. The van der Waals surface area contributed by atoms with Gasteiger partial charge in [-0.3, -0.25) is 9.59 Å². The second-order valence-electron chi connectivity index (χ2n) is 4.42. The van der Waals surface area contributed by atoms with Gasteiger partial charge in [0, 0.05) is 11.8 Å². The van der Waals surface area contributed by atoms with E-state index in [0.717, 1.165) is 0 Å². The second kappa shape index (κ2) is 5.10. The normalized spacial score (nSPS) is 13.7. The Morgan fingerprint density at radius 2 is 1.79 bits per heavy atom. The van der Waals surface area contributed by atoms with Crippen molar-refractivity contribution in [2.45, 2.75) is 46.1 Å². The highest BCUT2D eigenvalue weighted by Gasteiger charge is 2.27. The third-order valence-electron chi connectivity index (χ3n) is 1.91. The number of Topliss-reactive ketones (excluding diaryl/α,β-unsaturated/α-hetero) is 1. The molecule has 0 aliphatic heterocycles. The van der Waals surface area contributed by atoms with Crippen LogP contribution < -0.4 is 0 Å². The van der Waals surface area contributed by atoms with Gasteiger partial charge in [-0.15, -0.1) is 0 Å². The largest absolute Gasteiger partial charge is 0.481 e. The van der Waals surface area contributed by atoms with Crippen LogP contribution in [0, 0.1) is 5.41 Å². The van der Waals surface area contributed by atoms with Crippen LogP contribution in [0.4, 0.5) is 0 Å². The Hall–Kier alpha value is -0.900. The molecule has 0 aliphatic rings. The lowest BCUT2D eigenvalue weighted by atomic mass is 9.86. The molecule has 0 saturated heterocycles. The molecule has 0 bridgehead atoms. The highest BCUT2D eigenvalue weighted by molar-refractivity contribution is 5.87. The van der Waals surface area contributed by atoms with Crippen LogP contribution in [0.5, 0.6) is 0 Å². The molecule has 1 atom stereocenters. The minimum Gasteiger partial charge on any atom is -0.481 e. The Bertz CT molecular complexity index is 215. The molecule has 82 valence electrons. The molecule has 0 spiro atoms. The average molecular weight is 202 g/mol. The second-order valence-corrected chi connectivity index (χ2v) is 4.42. The van der Waals surface area contributed by atoms with Gasteiger partial charge in [0.2, 0.25) is 0 Å². The molecule has 1 unspecified atom stereocenters. The summed E-state index contributed by atoms with van der Waals surface area (Å²) in [5, 5.41) is 17.8. The van der Waals surface area contributed by atoms with Gasteiger partial charge in [-0.05, 0) is 12.8 Å². The first-order chi connectivity index (χ1) is 6.25. The van der Waals surface area contributed by atoms with E-state index in [1.54, 1.807) is 20.8 Å². The number of aliphatic carboxylic acids is 1. The van der Waals surface area contributed by atoms with Gasteiger partial charge >= 0.3 is 5.97 Å². The van der Waals surface area contributed by atoms with Gasteiger partial charge in [-0.2, -0.15) is 0 Å². The van der Waals surface area contributed by atoms with Crippen molar-refractivity contribution < 1.29 is 19.8 Å². The first-order valence-electron chi connectivity index (χ1n) is 4.69. The standard InChI is InChI=1S/C10H18O4/c1-10(2,3)9(14)7(11)5-4-6-8(12)13/h7,11H,4-6H2,1-3H3,(H,12,13). The van der Waals surface area contributed by atoms with Crippen LogP contribution in [0.1, 0.15) is 40.0 Å². The maximum Gasteiger partial charge on any atom is 0.303 e. The molecule has 4 heteroatoms. The van der Waals surface area contributed by atoms with Crippen LogP contribution >= 0.6 is 0 Å². The molecule has 0 aliphatic carbocycles. The summed E-state index contributed by atoms with van der Waals surface area (Å²) in [7, 11) is 0. The number of ketones is 1. The summed E-state index contributed by atoms with van der Waals surface area (Å²) in [4.78, 5) is 21.6. The van der Waals surface area contributed by atoms with E-state index in [1.165, 1.54) is 0 Å². The van der Waals surface area contributed by atoms with Crippen molar-refractivity contribution in [2.75, 3.05) is 0 Å². The Morgan fingerprint density at radius 3 is 2.14 bits per heavy atom. The molecular formula is C10H18O4. The van der Waals surface area contributed by atoms with Gasteiger partial charge in [0.25, 0.3) is 0 Å². The van der Waals surface area contributed by atoms with E-state index in [-0.39, 0.29) is 18.6 Å². The Morgan fingerprint density at radius 1 is 1.29 bits per heavy atom. The molecule has 14 heavy (non-hydrogen) atoms. The third kappa shape index (κ3) is 4.97. The number of hydrogen-bond donors (Lipinski definition) is 2. The summed E-state index contributed by atoms with van der Waals surface area (Å²) < 4.78 is 0. The van der Waals surface area contributed by atoms with Crippen LogP contribution in [0.2, 0.25) is 0 Å². The molecule has 0 aromatic heterocycles. The van der Waals surface area contributed by atoms with Crippen molar-refractivity contribution in [3.63, 3.8) is 0 Å². The molecule has 0 aromatic carbocycles. The highest BCUT2D eigenvalue weighted by Crippen LogP contribution is 2.19. The van der Waals surface area contributed by atoms with Crippen molar-refractivity contribution in [1.82, 2.24) is 0 Å². The minimum absolute atomic E-state index is 0.00547. The molecule has 0 amide bonds. The number of carboxylic acids is 1. The zero-order chi connectivity index (χ0) is 11.4. The summed E-state index contributed by atoms with van der Waals surface area (Å²) in [6.45, 7) is 5.20. The van der Waals surface area contributed by atoms with Gasteiger partial charge in [-0.25, -0.2) is 0 Å². The van der Waals surface area contributed by atoms with E-state index in [9.17, 15) is 14.7 Å². The molecule has 0 saturated carbocycles. The number of carbonyl (C=O) groups is 2. The smallest absolute Gasteiger partial charge is 0.303 e. The predicted molar refractivity (Wildman–Crippen MR) is 52.0 cm³/mol. The zero-order valence-electron chi connectivity index (χ0n) is 8.91. The monoisotopic (exact) mass is 202 g/mol. The fraction of sp³-hybridized carbons (Fsp3) is 0.800. The lowest BCUT2D eigenvalue weighted by molar-refractivity contribution is -0.138. The topological polar surface area (TPSA) is 74.6 Å². The van der Waals surface area contributed by atoms with Crippen LogP contribution in [-0.4, -0.2) is 28.1 Å². The van der Waals surface area contributed by atoms with E-state index >= 15 is 0 Å². The van der Waals surface area contributed by atoms with E-state index < -0.39 is 17.5 Å². The van der Waals surface area contributed by atoms with E-state index in [1.807, 2.05) is 0 Å². The van der Waals surface area contributed by atoms with Crippen molar-refractivity contribution >= 4 is 11.8 Å². The highest BCUT2D eigenvalue weighted by atomic mass is 16.4. The number of hydrogen-bond acceptors (Lipinski definition) is 3.